The predicted octanol–water partition coefficient (Wildman–Crippen LogP) is 2.43. The topological polar surface area (TPSA) is 84.1 Å². The number of carbonyl (C=O) groups is 1. The van der Waals surface area contributed by atoms with Crippen molar-refractivity contribution in [2.24, 2.45) is 0 Å². The van der Waals surface area contributed by atoms with E-state index in [1.54, 1.807) is 28.9 Å². The molecule has 0 spiro atoms. The van der Waals surface area contributed by atoms with Crippen LogP contribution in [-0.2, 0) is 17.8 Å². The second-order valence-electron chi connectivity index (χ2n) is 6.43. The maximum Gasteiger partial charge on any atom is 0.236 e. The number of thioether (sulfide) groups is 1. The number of rotatable bonds is 4. The number of hydrogen-bond acceptors (Lipinski definition) is 6. The van der Waals surface area contributed by atoms with E-state index < -0.39 is 0 Å². The van der Waals surface area contributed by atoms with Gasteiger partial charge in [0.2, 0.25) is 11.1 Å². The van der Waals surface area contributed by atoms with Crippen LogP contribution in [0.5, 0.6) is 5.75 Å². The van der Waals surface area contributed by atoms with E-state index in [1.807, 2.05) is 24.0 Å². The Morgan fingerprint density at radius 2 is 1.89 bits per heavy atom. The van der Waals surface area contributed by atoms with Crippen LogP contribution < -0.4 is 0 Å². The fourth-order valence-corrected chi connectivity index (χ4v) is 4.05. The number of aromatic hydroxyl groups is 1. The number of fused-ring (bicyclic) bond motifs is 1. The van der Waals surface area contributed by atoms with Gasteiger partial charge in [-0.1, -0.05) is 36.0 Å². The first-order valence-electron chi connectivity index (χ1n) is 8.72. The molecule has 1 aromatic heterocycles. The molecule has 7 nitrogen and oxygen atoms in total. The lowest BCUT2D eigenvalue weighted by Gasteiger charge is -2.30. The maximum atomic E-state index is 12.9. The van der Waals surface area contributed by atoms with E-state index in [4.69, 9.17) is 0 Å². The number of carbonyl (C=O) groups excluding carboxylic acids is 1. The second-order valence-corrected chi connectivity index (χ2v) is 7.74. The molecule has 0 radical (unpaired) electrons. The van der Waals surface area contributed by atoms with Crippen LogP contribution in [0.15, 0.2) is 53.7 Å². The van der Waals surface area contributed by atoms with Crippen LogP contribution in [0.2, 0.25) is 0 Å². The summed E-state index contributed by atoms with van der Waals surface area (Å²) in [4.78, 5) is 14.8. The Morgan fingerprint density at radius 3 is 2.67 bits per heavy atom. The van der Waals surface area contributed by atoms with E-state index >= 15 is 0 Å². The number of phenolic OH excluding ortho intramolecular Hbond substituents is 1. The van der Waals surface area contributed by atoms with E-state index in [2.05, 4.69) is 27.7 Å². The van der Waals surface area contributed by atoms with Gasteiger partial charge in [0.25, 0.3) is 0 Å². The molecule has 0 saturated heterocycles. The lowest BCUT2D eigenvalue weighted by Crippen LogP contribution is -2.40. The van der Waals surface area contributed by atoms with E-state index in [9.17, 15) is 9.90 Å². The molecule has 0 aliphatic carbocycles. The lowest BCUT2D eigenvalue weighted by atomic mass is 10.00. The van der Waals surface area contributed by atoms with Gasteiger partial charge in [-0.25, -0.2) is 0 Å². The Labute approximate surface area is 161 Å². The minimum absolute atomic E-state index is 0.0785. The molecule has 27 heavy (non-hydrogen) atoms. The third kappa shape index (κ3) is 3.66. The molecule has 3 aromatic rings. The van der Waals surface area contributed by atoms with Crippen LogP contribution in [0, 0.1) is 0 Å². The Balaban J connectivity index is 1.47. The zero-order chi connectivity index (χ0) is 18.8. The highest BCUT2D eigenvalue weighted by Crippen LogP contribution is 2.27. The number of aromatic nitrogens is 4. The number of amides is 1. The highest BCUT2D eigenvalue weighted by molar-refractivity contribution is 8.00. The highest BCUT2D eigenvalue weighted by atomic mass is 32.2. The molecule has 4 rings (SSSR count). The SMILES string of the molecule is C[C@@H](Sc1nnnn1-c1ccc(O)cc1)C(=O)N1CCc2ccccc2C1. The van der Waals surface area contributed by atoms with Crippen molar-refractivity contribution in [3.05, 3.63) is 59.7 Å². The molecule has 1 amide bonds. The van der Waals surface area contributed by atoms with Gasteiger partial charge >= 0.3 is 0 Å². The summed E-state index contributed by atoms with van der Waals surface area (Å²) in [6.45, 7) is 3.25. The Bertz CT molecular complexity index is 957. The number of nitrogens with zero attached hydrogens (tertiary/aromatic N) is 5. The number of hydrogen-bond donors (Lipinski definition) is 1. The number of tetrazole rings is 1. The Kier molecular flexibility index (Phi) is 4.81. The first-order valence-corrected chi connectivity index (χ1v) is 9.60. The quantitative estimate of drug-likeness (QED) is 0.699. The third-order valence-corrected chi connectivity index (χ3v) is 5.63. The summed E-state index contributed by atoms with van der Waals surface area (Å²) in [5.74, 6) is 0.254. The molecule has 2 heterocycles. The number of phenols is 1. The Hall–Kier alpha value is -2.87. The van der Waals surface area contributed by atoms with Gasteiger partial charge in [0, 0.05) is 13.1 Å². The van der Waals surface area contributed by atoms with Crippen LogP contribution in [0.1, 0.15) is 18.1 Å². The summed E-state index contributed by atoms with van der Waals surface area (Å²) < 4.78 is 1.57. The largest absolute Gasteiger partial charge is 0.508 e. The molecule has 0 fully saturated rings. The van der Waals surface area contributed by atoms with Crippen molar-refractivity contribution < 1.29 is 9.90 Å². The van der Waals surface area contributed by atoms with Crippen LogP contribution in [0.4, 0.5) is 0 Å². The van der Waals surface area contributed by atoms with Gasteiger partial charge in [0.1, 0.15) is 5.75 Å². The summed E-state index contributed by atoms with van der Waals surface area (Å²) in [6, 6.07) is 14.9. The average Bonchev–Trinajstić information content (AvgIpc) is 3.15. The van der Waals surface area contributed by atoms with E-state index in [1.165, 1.54) is 22.9 Å². The van der Waals surface area contributed by atoms with Crippen molar-refractivity contribution in [1.29, 1.82) is 0 Å². The summed E-state index contributed by atoms with van der Waals surface area (Å²) in [6.07, 6.45) is 0.880. The summed E-state index contributed by atoms with van der Waals surface area (Å²) in [5.41, 5.74) is 3.26. The van der Waals surface area contributed by atoms with Crippen molar-refractivity contribution in [1.82, 2.24) is 25.1 Å². The van der Waals surface area contributed by atoms with Gasteiger partial charge in [0.15, 0.2) is 0 Å². The standard InChI is InChI=1S/C19H19N5O2S/c1-13(18(26)23-11-10-14-4-2-3-5-15(14)12-23)27-19-20-21-22-24(19)16-6-8-17(25)9-7-16/h2-9,13,25H,10-12H2,1H3/t13-/m1/s1. The average molecular weight is 381 g/mol. The van der Waals surface area contributed by atoms with E-state index in [0.717, 1.165) is 18.7 Å². The van der Waals surface area contributed by atoms with Crippen LogP contribution in [0.3, 0.4) is 0 Å². The molecule has 0 bridgehead atoms. The molecular formula is C19H19N5O2S. The normalized spacial score (nSPS) is 14.6. The molecule has 1 aliphatic rings. The smallest absolute Gasteiger partial charge is 0.236 e. The van der Waals surface area contributed by atoms with Gasteiger partial charge in [-0.05, 0) is 59.2 Å². The van der Waals surface area contributed by atoms with Gasteiger partial charge in [-0.15, -0.1) is 5.10 Å². The first kappa shape index (κ1) is 17.5. The summed E-state index contributed by atoms with van der Waals surface area (Å²) >= 11 is 1.33. The molecule has 0 unspecified atom stereocenters. The Morgan fingerprint density at radius 1 is 1.15 bits per heavy atom. The third-order valence-electron chi connectivity index (χ3n) is 4.61. The van der Waals surface area contributed by atoms with E-state index in [-0.39, 0.29) is 16.9 Å². The maximum absolute atomic E-state index is 12.9. The zero-order valence-electron chi connectivity index (χ0n) is 14.8. The molecule has 1 N–H and O–H groups in total. The minimum Gasteiger partial charge on any atom is -0.508 e. The highest BCUT2D eigenvalue weighted by Gasteiger charge is 2.26. The second kappa shape index (κ2) is 7.40. The fourth-order valence-electron chi connectivity index (χ4n) is 3.16. The predicted molar refractivity (Wildman–Crippen MR) is 102 cm³/mol. The molecule has 1 atom stereocenters. The molecule has 1 aliphatic heterocycles. The van der Waals surface area contributed by atoms with Crippen LogP contribution >= 0.6 is 11.8 Å². The summed E-state index contributed by atoms with van der Waals surface area (Å²) in [5, 5.41) is 21.5. The monoisotopic (exact) mass is 381 g/mol. The van der Waals surface area contributed by atoms with Crippen LogP contribution in [0.25, 0.3) is 5.69 Å². The molecule has 2 aromatic carbocycles. The van der Waals surface area contributed by atoms with Crippen molar-refractivity contribution >= 4 is 17.7 Å². The summed E-state index contributed by atoms with van der Waals surface area (Å²) in [7, 11) is 0. The zero-order valence-corrected chi connectivity index (χ0v) is 15.6. The van der Waals surface area contributed by atoms with Crippen LogP contribution in [-0.4, -0.2) is 47.9 Å². The van der Waals surface area contributed by atoms with Gasteiger partial charge in [-0.3, -0.25) is 4.79 Å². The first-order chi connectivity index (χ1) is 13.1. The molecule has 0 saturated carbocycles. The van der Waals surface area contributed by atoms with Crippen molar-refractivity contribution in [2.45, 2.75) is 30.3 Å². The van der Waals surface area contributed by atoms with Gasteiger partial charge < -0.3 is 10.0 Å². The molecule has 8 heteroatoms. The van der Waals surface area contributed by atoms with Crippen molar-refractivity contribution in [3.63, 3.8) is 0 Å². The molecule has 138 valence electrons. The van der Waals surface area contributed by atoms with E-state index in [0.29, 0.717) is 11.7 Å². The van der Waals surface area contributed by atoms with Crippen molar-refractivity contribution in [3.8, 4) is 11.4 Å². The van der Waals surface area contributed by atoms with Crippen molar-refractivity contribution in [2.75, 3.05) is 6.54 Å². The van der Waals surface area contributed by atoms with Gasteiger partial charge in [-0.2, -0.15) is 4.68 Å². The molecular weight excluding hydrogens is 362 g/mol. The lowest BCUT2D eigenvalue weighted by molar-refractivity contribution is -0.131. The number of benzene rings is 2. The van der Waals surface area contributed by atoms with Gasteiger partial charge in [0.05, 0.1) is 10.9 Å². The fraction of sp³-hybridized carbons (Fsp3) is 0.263. The minimum atomic E-state index is -0.308.